The minimum Gasteiger partial charge on any atom is -0.478 e. The summed E-state index contributed by atoms with van der Waals surface area (Å²) < 4.78 is 2.20. The fraction of sp³-hybridized carbons (Fsp3) is 0.100. The van der Waals surface area contributed by atoms with E-state index in [2.05, 4.69) is 26.0 Å². The van der Waals surface area contributed by atoms with Crippen molar-refractivity contribution in [2.45, 2.75) is 6.54 Å². The third kappa shape index (κ3) is 2.46. The van der Waals surface area contributed by atoms with Crippen LogP contribution in [0, 0.1) is 0 Å². The molecule has 1 N–H and O–H groups in total. The standard InChI is InChI=1S/C10H8BrN3O2/c11-10-12-6-14(13-10)5-7-1-3-8(4-2-7)9(15)16/h1-4,6H,5H2,(H,15,16). The molecule has 0 spiro atoms. The van der Waals surface area contributed by atoms with Gasteiger partial charge in [-0.05, 0) is 33.6 Å². The monoisotopic (exact) mass is 281 g/mol. The number of benzene rings is 1. The topological polar surface area (TPSA) is 68.0 Å². The molecule has 0 unspecified atom stereocenters. The van der Waals surface area contributed by atoms with Crippen LogP contribution in [0.15, 0.2) is 35.3 Å². The fourth-order valence-electron chi connectivity index (χ4n) is 1.29. The molecule has 6 heteroatoms. The van der Waals surface area contributed by atoms with Crippen LogP contribution < -0.4 is 0 Å². The van der Waals surface area contributed by atoms with Crippen molar-refractivity contribution in [2.24, 2.45) is 0 Å². The number of hydrogen-bond acceptors (Lipinski definition) is 3. The van der Waals surface area contributed by atoms with Crippen LogP contribution in [-0.4, -0.2) is 25.8 Å². The largest absolute Gasteiger partial charge is 0.478 e. The molecule has 2 rings (SSSR count). The molecule has 0 bridgehead atoms. The summed E-state index contributed by atoms with van der Waals surface area (Å²) in [5, 5.41) is 12.8. The van der Waals surface area contributed by atoms with Crippen molar-refractivity contribution in [3.63, 3.8) is 0 Å². The Morgan fingerprint density at radius 3 is 2.56 bits per heavy atom. The van der Waals surface area contributed by atoms with Crippen LogP contribution in [0.5, 0.6) is 0 Å². The molecule has 2 aromatic rings. The zero-order valence-corrected chi connectivity index (χ0v) is 9.75. The van der Waals surface area contributed by atoms with Gasteiger partial charge in [-0.2, -0.15) is 0 Å². The molecule has 0 saturated carbocycles. The summed E-state index contributed by atoms with van der Waals surface area (Å²) in [7, 11) is 0. The molecule has 0 fully saturated rings. The summed E-state index contributed by atoms with van der Waals surface area (Å²) in [6.45, 7) is 0.568. The Morgan fingerprint density at radius 2 is 2.06 bits per heavy atom. The molecule has 5 nitrogen and oxygen atoms in total. The van der Waals surface area contributed by atoms with Gasteiger partial charge in [-0.3, -0.25) is 0 Å². The van der Waals surface area contributed by atoms with Gasteiger partial charge < -0.3 is 5.11 Å². The Morgan fingerprint density at radius 1 is 1.38 bits per heavy atom. The number of rotatable bonds is 3. The fourth-order valence-corrected chi connectivity index (χ4v) is 1.58. The van der Waals surface area contributed by atoms with Crippen LogP contribution in [0.2, 0.25) is 0 Å². The normalized spacial score (nSPS) is 10.3. The number of carboxylic acids is 1. The first kappa shape index (κ1) is 10.8. The maximum atomic E-state index is 10.6. The Kier molecular flexibility index (Phi) is 3.00. The van der Waals surface area contributed by atoms with E-state index in [9.17, 15) is 4.79 Å². The van der Waals surface area contributed by atoms with Crippen LogP contribution in [0.1, 0.15) is 15.9 Å². The van der Waals surface area contributed by atoms with E-state index in [1.54, 1.807) is 35.3 Å². The van der Waals surface area contributed by atoms with E-state index in [1.807, 2.05) is 0 Å². The van der Waals surface area contributed by atoms with Crippen LogP contribution in [0.25, 0.3) is 0 Å². The molecule has 16 heavy (non-hydrogen) atoms. The first-order valence-electron chi connectivity index (χ1n) is 4.52. The van der Waals surface area contributed by atoms with Gasteiger partial charge in [-0.15, -0.1) is 5.10 Å². The average Bonchev–Trinajstić information content (AvgIpc) is 2.65. The van der Waals surface area contributed by atoms with Crippen molar-refractivity contribution < 1.29 is 9.90 Å². The first-order chi connectivity index (χ1) is 7.65. The predicted octanol–water partition coefficient (Wildman–Crippen LogP) is 1.79. The van der Waals surface area contributed by atoms with Crippen molar-refractivity contribution >= 4 is 21.9 Å². The molecule has 0 aliphatic carbocycles. The predicted molar refractivity (Wildman–Crippen MR) is 60.2 cm³/mol. The lowest BCUT2D eigenvalue weighted by Crippen LogP contribution is -2.01. The highest BCUT2D eigenvalue weighted by Gasteiger charge is 2.02. The molecule has 0 aliphatic heterocycles. The van der Waals surface area contributed by atoms with E-state index >= 15 is 0 Å². The van der Waals surface area contributed by atoms with Gasteiger partial charge in [0.25, 0.3) is 0 Å². The van der Waals surface area contributed by atoms with Crippen LogP contribution in [0.4, 0.5) is 0 Å². The van der Waals surface area contributed by atoms with Crippen molar-refractivity contribution in [3.8, 4) is 0 Å². The zero-order valence-electron chi connectivity index (χ0n) is 8.17. The van der Waals surface area contributed by atoms with Crippen LogP contribution >= 0.6 is 15.9 Å². The highest BCUT2D eigenvalue weighted by Crippen LogP contribution is 2.07. The lowest BCUT2D eigenvalue weighted by atomic mass is 10.1. The van der Waals surface area contributed by atoms with Crippen molar-refractivity contribution in [2.75, 3.05) is 0 Å². The van der Waals surface area contributed by atoms with Gasteiger partial charge in [0.1, 0.15) is 6.33 Å². The van der Waals surface area contributed by atoms with Crippen molar-refractivity contribution in [1.29, 1.82) is 0 Å². The van der Waals surface area contributed by atoms with Crippen LogP contribution in [-0.2, 0) is 6.54 Å². The summed E-state index contributed by atoms with van der Waals surface area (Å²) in [6.07, 6.45) is 1.61. The average molecular weight is 282 g/mol. The minimum atomic E-state index is -0.921. The molecule has 1 heterocycles. The number of aromatic carboxylic acids is 1. The molecule has 0 radical (unpaired) electrons. The smallest absolute Gasteiger partial charge is 0.335 e. The van der Waals surface area contributed by atoms with E-state index in [-0.39, 0.29) is 5.56 Å². The van der Waals surface area contributed by atoms with Gasteiger partial charge in [0.15, 0.2) is 0 Å². The van der Waals surface area contributed by atoms with Gasteiger partial charge in [-0.25, -0.2) is 14.5 Å². The zero-order chi connectivity index (χ0) is 11.5. The Balaban J connectivity index is 2.14. The third-order valence-corrected chi connectivity index (χ3v) is 2.42. The van der Waals surface area contributed by atoms with Gasteiger partial charge in [0, 0.05) is 0 Å². The van der Waals surface area contributed by atoms with E-state index in [0.717, 1.165) is 5.56 Å². The van der Waals surface area contributed by atoms with E-state index in [0.29, 0.717) is 11.3 Å². The van der Waals surface area contributed by atoms with E-state index in [4.69, 9.17) is 5.11 Å². The molecule has 0 amide bonds. The molecule has 0 saturated heterocycles. The quantitative estimate of drug-likeness (QED) is 0.931. The molecular formula is C10H8BrN3O2. The summed E-state index contributed by atoms with van der Waals surface area (Å²) in [5.74, 6) is -0.921. The summed E-state index contributed by atoms with van der Waals surface area (Å²) in [4.78, 5) is 14.6. The third-order valence-electron chi connectivity index (χ3n) is 2.05. The first-order valence-corrected chi connectivity index (χ1v) is 5.31. The summed E-state index contributed by atoms with van der Waals surface area (Å²) in [5.41, 5.74) is 1.26. The van der Waals surface area contributed by atoms with Gasteiger partial charge in [0.05, 0.1) is 12.1 Å². The maximum absolute atomic E-state index is 10.6. The van der Waals surface area contributed by atoms with Crippen molar-refractivity contribution in [3.05, 3.63) is 46.5 Å². The van der Waals surface area contributed by atoms with Gasteiger partial charge in [0.2, 0.25) is 4.73 Å². The second-order valence-electron chi connectivity index (χ2n) is 3.21. The molecule has 1 aromatic carbocycles. The summed E-state index contributed by atoms with van der Waals surface area (Å²) in [6, 6.07) is 6.67. The number of hydrogen-bond donors (Lipinski definition) is 1. The molecule has 0 aliphatic rings. The highest BCUT2D eigenvalue weighted by atomic mass is 79.9. The SMILES string of the molecule is O=C(O)c1ccc(Cn2cnc(Br)n2)cc1. The summed E-state index contributed by atoms with van der Waals surface area (Å²) >= 11 is 3.16. The number of carbonyl (C=O) groups is 1. The maximum Gasteiger partial charge on any atom is 0.335 e. The number of aromatic nitrogens is 3. The lowest BCUT2D eigenvalue weighted by molar-refractivity contribution is 0.0697. The van der Waals surface area contributed by atoms with E-state index in [1.165, 1.54) is 0 Å². The number of nitrogens with zero attached hydrogens (tertiary/aromatic N) is 3. The van der Waals surface area contributed by atoms with Gasteiger partial charge >= 0.3 is 5.97 Å². The molecular weight excluding hydrogens is 274 g/mol. The van der Waals surface area contributed by atoms with Crippen LogP contribution in [0.3, 0.4) is 0 Å². The second-order valence-corrected chi connectivity index (χ2v) is 3.92. The molecule has 82 valence electrons. The van der Waals surface area contributed by atoms with Crippen molar-refractivity contribution in [1.82, 2.24) is 14.8 Å². The van der Waals surface area contributed by atoms with E-state index < -0.39 is 5.97 Å². The Labute approximate surface area is 99.9 Å². The second kappa shape index (κ2) is 4.44. The molecule has 1 aromatic heterocycles. The van der Waals surface area contributed by atoms with Gasteiger partial charge in [-0.1, -0.05) is 12.1 Å². The number of halogens is 1. The number of carboxylic acid groups (broad SMARTS) is 1. The minimum absolute atomic E-state index is 0.281. The Hall–Kier alpha value is -1.69. The Bertz CT molecular complexity index is 507. The lowest BCUT2D eigenvalue weighted by Gasteiger charge is -2.01. The highest BCUT2D eigenvalue weighted by molar-refractivity contribution is 9.10. The molecule has 0 atom stereocenters.